The number of nitrogens with zero attached hydrogens (tertiary/aromatic N) is 1. The summed E-state index contributed by atoms with van der Waals surface area (Å²) in [6.45, 7) is 2.72. The van der Waals surface area contributed by atoms with Gasteiger partial charge in [0.25, 0.3) is 0 Å². The van der Waals surface area contributed by atoms with Crippen LogP contribution in [0.15, 0.2) is 18.2 Å². The van der Waals surface area contributed by atoms with E-state index in [2.05, 4.69) is 5.32 Å². The van der Waals surface area contributed by atoms with Crippen LogP contribution in [-0.4, -0.2) is 35.2 Å². The third-order valence-electron chi connectivity index (χ3n) is 3.54. The molecule has 1 aromatic rings. The quantitative estimate of drug-likeness (QED) is 0.877. The second kappa shape index (κ2) is 6.17. The summed E-state index contributed by atoms with van der Waals surface area (Å²) in [7, 11) is 0. The Kier molecular flexibility index (Phi) is 4.54. The molecule has 20 heavy (non-hydrogen) atoms. The molecule has 0 bridgehead atoms. The van der Waals surface area contributed by atoms with Crippen molar-refractivity contribution in [1.82, 2.24) is 4.90 Å². The molecule has 0 aromatic heterocycles. The lowest BCUT2D eigenvalue weighted by Crippen LogP contribution is -2.44. The fourth-order valence-electron chi connectivity index (χ4n) is 2.42. The number of carbonyl (C=O) groups is 1. The lowest BCUT2D eigenvalue weighted by molar-refractivity contribution is 0.0766. The average molecular weight is 284 g/mol. The molecule has 1 aliphatic rings. The van der Waals surface area contributed by atoms with Crippen molar-refractivity contribution < 1.29 is 18.7 Å². The number of benzene rings is 1. The molecule has 2 N–H and O–H groups in total. The number of hydrogen-bond acceptors (Lipinski definition) is 2. The number of carbonyl (C=O) groups excluding carboxylic acids is 1. The number of aliphatic hydroxyl groups excluding tert-OH is 1. The van der Waals surface area contributed by atoms with E-state index in [-0.39, 0.29) is 11.6 Å². The fourth-order valence-corrected chi connectivity index (χ4v) is 2.42. The van der Waals surface area contributed by atoms with Gasteiger partial charge in [-0.3, -0.25) is 0 Å². The minimum atomic E-state index is -0.735. The Hall–Kier alpha value is -1.69. The van der Waals surface area contributed by atoms with E-state index in [9.17, 15) is 18.7 Å². The first-order valence-corrected chi connectivity index (χ1v) is 6.66. The topological polar surface area (TPSA) is 52.6 Å². The molecule has 4 nitrogen and oxygen atoms in total. The van der Waals surface area contributed by atoms with Gasteiger partial charge in [-0.05, 0) is 31.9 Å². The molecule has 2 amide bonds. The Morgan fingerprint density at radius 2 is 2.05 bits per heavy atom. The molecule has 2 unspecified atom stereocenters. The lowest BCUT2D eigenvalue weighted by atomic mass is 9.94. The summed E-state index contributed by atoms with van der Waals surface area (Å²) in [6, 6.07) is 2.48. The van der Waals surface area contributed by atoms with Gasteiger partial charge in [-0.15, -0.1) is 0 Å². The highest BCUT2D eigenvalue weighted by Crippen LogP contribution is 2.21. The zero-order valence-corrected chi connectivity index (χ0v) is 11.3. The van der Waals surface area contributed by atoms with Gasteiger partial charge < -0.3 is 15.3 Å². The molecule has 2 atom stereocenters. The Bertz CT molecular complexity index is 474. The van der Waals surface area contributed by atoms with Gasteiger partial charge in [-0.25, -0.2) is 13.6 Å². The third kappa shape index (κ3) is 3.66. The van der Waals surface area contributed by atoms with Crippen LogP contribution in [0.5, 0.6) is 0 Å². The molecule has 0 saturated carbocycles. The average Bonchev–Trinajstić information content (AvgIpc) is 2.37. The van der Waals surface area contributed by atoms with Gasteiger partial charge in [0.15, 0.2) is 0 Å². The van der Waals surface area contributed by atoms with Crippen molar-refractivity contribution >= 4 is 11.7 Å². The van der Waals surface area contributed by atoms with Crippen LogP contribution in [-0.2, 0) is 0 Å². The van der Waals surface area contributed by atoms with Gasteiger partial charge in [0, 0.05) is 30.8 Å². The van der Waals surface area contributed by atoms with Crippen LogP contribution in [0.4, 0.5) is 19.3 Å². The molecule has 2 rings (SSSR count). The second-order valence-electron chi connectivity index (χ2n) is 5.18. The molecule has 1 heterocycles. The van der Waals surface area contributed by atoms with E-state index in [4.69, 9.17) is 0 Å². The van der Waals surface area contributed by atoms with Crippen molar-refractivity contribution in [2.24, 2.45) is 5.92 Å². The molecular formula is C14H18F2N2O2. The first-order valence-electron chi connectivity index (χ1n) is 6.66. The number of nitrogens with one attached hydrogen (secondary N) is 1. The van der Waals surface area contributed by atoms with Crippen LogP contribution in [0, 0.1) is 17.6 Å². The molecule has 1 aromatic carbocycles. The fraction of sp³-hybridized carbons (Fsp3) is 0.500. The summed E-state index contributed by atoms with van der Waals surface area (Å²) in [5.41, 5.74) is 0.0895. The van der Waals surface area contributed by atoms with Crippen molar-refractivity contribution in [3.8, 4) is 0 Å². The van der Waals surface area contributed by atoms with Crippen molar-refractivity contribution in [3.63, 3.8) is 0 Å². The van der Waals surface area contributed by atoms with Crippen LogP contribution in [0.25, 0.3) is 0 Å². The molecule has 1 aliphatic heterocycles. The molecule has 1 saturated heterocycles. The Balaban J connectivity index is 2.00. The predicted octanol–water partition coefficient (Wildman–Crippen LogP) is 2.59. The highest BCUT2D eigenvalue weighted by atomic mass is 19.1. The van der Waals surface area contributed by atoms with Gasteiger partial charge in [0.2, 0.25) is 0 Å². The van der Waals surface area contributed by atoms with Gasteiger partial charge >= 0.3 is 6.03 Å². The van der Waals surface area contributed by atoms with E-state index in [1.807, 2.05) is 0 Å². The van der Waals surface area contributed by atoms with E-state index in [1.54, 1.807) is 11.8 Å². The number of piperidine rings is 1. The van der Waals surface area contributed by atoms with Crippen LogP contribution < -0.4 is 5.32 Å². The van der Waals surface area contributed by atoms with E-state index in [0.29, 0.717) is 13.1 Å². The van der Waals surface area contributed by atoms with E-state index < -0.39 is 23.8 Å². The maximum atomic E-state index is 13.1. The Labute approximate surface area is 116 Å². The number of hydrogen-bond donors (Lipinski definition) is 2. The Morgan fingerprint density at radius 3 is 2.65 bits per heavy atom. The second-order valence-corrected chi connectivity index (χ2v) is 5.18. The van der Waals surface area contributed by atoms with Crippen LogP contribution in [0.2, 0.25) is 0 Å². The van der Waals surface area contributed by atoms with Crippen LogP contribution >= 0.6 is 0 Å². The standard InChI is InChI=1S/C14H18F2N2O2/c1-9(19)10-3-2-4-18(8-10)14(20)17-13-6-11(15)5-12(16)7-13/h5-7,9-10,19H,2-4,8H2,1H3,(H,17,20). The molecule has 0 spiro atoms. The number of urea groups is 1. The number of anilines is 1. The first kappa shape index (κ1) is 14.7. The molecule has 110 valence electrons. The van der Waals surface area contributed by atoms with E-state index >= 15 is 0 Å². The van der Waals surface area contributed by atoms with E-state index in [0.717, 1.165) is 31.0 Å². The number of rotatable bonds is 2. The number of likely N-dealkylation sites (tertiary alicyclic amines) is 1. The summed E-state index contributed by atoms with van der Waals surface area (Å²) < 4.78 is 26.1. The number of aliphatic hydroxyl groups is 1. The minimum absolute atomic E-state index is 0.0405. The monoisotopic (exact) mass is 284 g/mol. The number of halogens is 2. The van der Waals surface area contributed by atoms with Gasteiger partial charge in [-0.2, -0.15) is 0 Å². The zero-order chi connectivity index (χ0) is 14.7. The summed E-state index contributed by atoms with van der Waals surface area (Å²) in [5, 5.41) is 12.1. The molecule has 6 heteroatoms. The highest BCUT2D eigenvalue weighted by molar-refractivity contribution is 5.89. The third-order valence-corrected chi connectivity index (χ3v) is 3.54. The SMILES string of the molecule is CC(O)C1CCCN(C(=O)Nc2cc(F)cc(F)c2)C1. The molecular weight excluding hydrogens is 266 g/mol. The Morgan fingerprint density at radius 1 is 1.40 bits per heavy atom. The van der Waals surface area contributed by atoms with Gasteiger partial charge in [0.1, 0.15) is 11.6 Å². The minimum Gasteiger partial charge on any atom is -0.393 e. The smallest absolute Gasteiger partial charge is 0.321 e. The first-order chi connectivity index (χ1) is 9.45. The summed E-state index contributed by atoms with van der Waals surface area (Å²) in [5.74, 6) is -1.43. The van der Waals surface area contributed by atoms with E-state index in [1.165, 1.54) is 0 Å². The van der Waals surface area contributed by atoms with Crippen molar-refractivity contribution in [1.29, 1.82) is 0 Å². The maximum Gasteiger partial charge on any atom is 0.321 e. The van der Waals surface area contributed by atoms with Crippen LogP contribution in [0.3, 0.4) is 0 Å². The molecule has 0 radical (unpaired) electrons. The molecule has 1 fully saturated rings. The normalized spacial score (nSPS) is 20.6. The molecule has 0 aliphatic carbocycles. The highest BCUT2D eigenvalue weighted by Gasteiger charge is 2.26. The summed E-state index contributed by atoms with van der Waals surface area (Å²) in [4.78, 5) is 13.6. The van der Waals surface area contributed by atoms with Gasteiger partial charge in [-0.1, -0.05) is 0 Å². The largest absolute Gasteiger partial charge is 0.393 e. The lowest BCUT2D eigenvalue weighted by Gasteiger charge is -2.34. The van der Waals surface area contributed by atoms with Crippen molar-refractivity contribution in [3.05, 3.63) is 29.8 Å². The van der Waals surface area contributed by atoms with Crippen molar-refractivity contribution in [2.75, 3.05) is 18.4 Å². The maximum absolute atomic E-state index is 13.1. The van der Waals surface area contributed by atoms with Crippen molar-refractivity contribution in [2.45, 2.75) is 25.9 Å². The zero-order valence-electron chi connectivity index (χ0n) is 11.3. The summed E-state index contributed by atoms with van der Waals surface area (Å²) >= 11 is 0. The summed E-state index contributed by atoms with van der Waals surface area (Å²) in [6.07, 6.45) is 1.20. The van der Waals surface area contributed by atoms with Gasteiger partial charge in [0.05, 0.1) is 6.10 Å². The predicted molar refractivity (Wildman–Crippen MR) is 71.4 cm³/mol. The van der Waals surface area contributed by atoms with Crippen LogP contribution in [0.1, 0.15) is 19.8 Å². The number of amides is 2.